The highest BCUT2D eigenvalue weighted by atomic mass is 79.9. The summed E-state index contributed by atoms with van der Waals surface area (Å²) in [5.41, 5.74) is 0. The van der Waals surface area contributed by atoms with Gasteiger partial charge in [-0.3, -0.25) is 4.79 Å². The lowest BCUT2D eigenvalue weighted by Crippen LogP contribution is -2.31. The molecule has 0 aliphatic carbocycles. The quantitative estimate of drug-likeness (QED) is 0.835. The predicted molar refractivity (Wildman–Crippen MR) is 78.2 cm³/mol. The van der Waals surface area contributed by atoms with Crippen molar-refractivity contribution in [2.24, 2.45) is 0 Å². The van der Waals surface area contributed by atoms with Crippen molar-refractivity contribution in [1.29, 1.82) is 0 Å². The van der Waals surface area contributed by atoms with Crippen LogP contribution in [0.5, 0.6) is 5.75 Å². The molecule has 19 heavy (non-hydrogen) atoms. The van der Waals surface area contributed by atoms with Crippen LogP contribution in [0.25, 0.3) is 0 Å². The van der Waals surface area contributed by atoms with E-state index in [1.165, 1.54) is 0 Å². The van der Waals surface area contributed by atoms with E-state index in [1.54, 1.807) is 18.9 Å². The van der Waals surface area contributed by atoms with Crippen LogP contribution in [0.2, 0.25) is 0 Å². The Labute approximate surface area is 122 Å². The van der Waals surface area contributed by atoms with Gasteiger partial charge < -0.3 is 14.7 Å². The fourth-order valence-electron chi connectivity index (χ4n) is 1.48. The average Bonchev–Trinajstić information content (AvgIpc) is 2.38. The van der Waals surface area contributed by atoms with Crippen molar-refractivity contribution in [2.45, 2.75) is 25.9 Å². The first kappa shape index (κ1) is 16.0. The molecule has 0 heterocycles. The summed E-state index contributed by atoms with van der Waals surface area (Å²) in [6, 6.07) is 7.57. The molecular weight excluding hydrogens is 310 g/mol. The minimum absolute atomic E-state index is 0.0281. The van der Waals surface area contributed by atoms with Gasteiger partial charge in [0.2, 0.25) is 5.91 Å². The molecule has 1 unspecified atom stereocenters. The van der Waals surface area contributed by atoms with Crippen molar-refractivity contribution in [3.63, 3.8) is 0 Å². The van der Waals surface area contributed by atoms with Crippen LogP contribution in [0, 0.1) is 0 Å². The standard InChI is InChI=1S/C14H20BrNO3/c1-11(17)3-8-14(18)16(2)9-10-19-13-6-4-12(15)5-7-13/h4-7,11,17H,3,8-10H2,1-2H3. The second-order valence-electron chi connectivity index (χ2n) is 4.51. The number of aliphatic hydroxyl groups excluding tert-OH is 1. The van der Waals surface area contributed by atoms with Gasteiger partial charge in [0.25, 0.3) is 0 Å². The summed E-state index contributed by atoms with van der Waals surface area (Å²) in [6.07, 6.45) is 0.430. The Morgan fingerprint density at radius 3 is 2.63 bits per heavy atom. The lowest BCUT2D eigenvalue weighted by molar-refractivity contribution is -0.130. The summed E-state index contributed by atoms with van der Waals surface area (Å²) in [7, 11) is 1.75. The molecule has 5 heteroatoms. The van der Waals surface area contributed by atoms with Crippen molar-refractivity contribution in [2.75, 3.05) is 20.2 Å². The molecule has 0 aliphatic heterocycles. The van der Waals surface area contributed by atoms with E-state index in [-0.39, 0.29) is 5.91 Å². The second kappa shape index (κ2) is 8.17. The molecule has 1 aromatic carbocycles. The molecule has 106 valence electrons. The molecular formula is C14H20BrNO3. The molecule has 1 amide bonds. The first-order chi connectivity index (χ1) is 8.99. The number of amides is 1. The molecule has 0 aliphatic rings. The molecule has 0 saturated heterocycles. The maximum atomic E-state index is 11.7. The Morgan fingerprint density at radius 2 is 2.05 bits per heavy atom. The Kier molecular flexibility index (Phi) is 6.87. The Bertz CT molecular complexity index is 392. The lowest BCUT2D eigenvalue weighted by atomic mass is 10.2. The third kappa shape index (κ3) is 6.59. The van der Waals surface area contributed by atoms with E-state index in [0.29, 0.717) is 26.0 Å². The number of benzene rings is 1. The average molecular weight is 330 g/mol. The van der Waals surface area contributed by atoms with Crippen molar-refractivity contribution in [3.8, 4) is 5.75 Å². The third-order valence-corrected chi connectivity index (χ3v) is 3.24. The molecule has 0 fully saturated rings. The van der Waals surface area contributed by atoms with Crippen LogP contribution in [0.1, 0.15) is 19.8 Å². The fraction of sp³-hybridized carbons (Fsp3) is 0.500. The van der Waals surface area contributed by atoms with E-state index in [2.05, 4.69) is 15.9 Å². The molecule has 1 atom stereocenters. The summed E-state index contributed by atoms with van der Waals surface area (Å²) in [5.74, 6) is 0.813. The van der Waals surface area contributed by atoms with Gasteiger partial charge >= 0.3 is 0 Å². The number of carbonyl (C=O) groups is 1. The second-order valence-corrected chi connectivity index (χ2v) is 5.42. The zero-order chi connectivity index (χ0) is 14.3. The predicted octanol–water partition coefficient (Wildman–Crippen LogP) is 2.45. The summed E-state index contributed by atoms with van der Waals surface area (Å²) in [4.78, 5) is 13.3. The summed E-state index contributed by atoms with van der Waals surface area (Å²) in [6.45, 7) is 2.68. The topological polar surface area (TPSA) is 49.8 Å². The maximum absolute atomic E-state index is 11.7. The van der Waals surface area contributed by atoms with Crippen LogP contribution in [0.15, 0.2) is 28.7 Å². The van der Waals surface area contributed by atoms with Gasteiger partial charge in [-0.2, -0.15) is 0 Å². The van der Waals surface area contributed by atoms with Crippen molar-refractivity contribution in [1.82, 2.24) is 4.90 Å². The van der Waals surface area contributed by atoms with Crippen LogP contribution in [-0.2, 0) is 4.79 Å². The van der Waals surface area contributed by atoms with Crippen LogP contribution in [0.3, 0.4) is 0 Å². The first-order valence-corrected chi connectivity index (χ1v) is 7.08. The highest BCUT2D eigenvalue weighted by Gasteiger charge is 2.09. The number of rotatable bonds is 7. The summed E-state index contributed by atoms with van der Waals surface area (Å²) >= 11 is 3.36. The normalized spacial score (nSPS) is 12.0. The Morgan fingerprint density at radius 1 is 1.42 bits per heavy atom. The van der Waals surface area contributed by atoms with Crippen molar-refractivity contribution in [3.05, 3.63) is 28.7 Å². The Hall–Kier alpha value is -1.07. The van der Waals surface area contributed by atoms with E-state index < -0.39 is 6.10 Å². The van der Waals surface area contributed by atoms with E-state index in [4.69, 9.17) is 9.84 Å². The van der Waals surface area contributed by atoms with E-state index in [9.17, 15) is 4.79 Å². The van der Waals surface area contributed by atoms with Crippen LogP contribution in [-0.4, -0.2) is 42.2 Å². The van der Waals surface area contributed by atoms with E-state index >= 15 is 0 Å². The number of hydrogen-bond acceptors (Lipinski definition) is 3. The number of aliphatic hydroxyl groups is 1. The molecule has 4 nitrogen and oxygen atoms in total. The summed E-state index contributed by atoms with van der Waals surface area (Å²) in [5, 5.41) is 9.13. The zero-order valence-corrected chi connectivity index (χ0v) is 12.9. The van der Waals surface area contributed by atoms with Gasteiger partial charge in [0.05, 0.1) is 12.6 Å². The highest BCUT2D eigenvalue weighted by molar-refractivity contribution is 9.10. The van der Waals surface area contributed by atoms with Gasteiger partial charge in [0.15, 0.2) is 0 Å². The van der Waals surface area contributed by atoms with Crippen LogP contribution < -0.4 is 4.74 Å². The van der Waals surface area contributed by atoms with Crippen LogP contribution >= 0.6 is 15.9 Å². The Balaban J connectivity index is 2.24. The number of nitrogens with zero attached hydrogens (tertiary/aromatic N) is 1. The maximum Gasteiger partial charge on any atom is 0.222 e. The molecule has 0 spiro atoms. The molecule has 1 rings (SSSR count). The SMILES string of the molecule is CC(O)CCC(=O)N(C)CCOc1ccc(Br)cc1. The third-order valence-electron chi connectivity index (χ3n) is 2.71. The smallest absolute Gasteiger partial charge is 0.222 e. The molecule has 1 aromatic rings. The molecule has 0 saturated carbocycles. The number of halogens is 1. The monoisotopic (exact) mass is 329 g/mol. The van der Waals surface area contributed by atoms with E-state index in [1.807, 2.05) is 24.3 Å². The van der Waals surface area contributed by atoms with Crippen molar-refractivity contribution >= 4 is 21.8 Å². The van der Waals surface area contributed by atoms with Crippen LogP contribution in [0.4, 0.5) is 0 Å². The van der Waals surface area contributed by atoms with Gasteiger partial charge in [-0.1, -0.05) is 15.9 Å². The van der Waals surface area contributed by atoms with Gasteiger partial charge in [-0.15, -0.1) is 0 Å². The zero-order valence-electron chi connectivity index (χ0n) is 11.3. The summed E-state index contributed by atoms with van der Waals surface area (Å²) < 4.78 is 6.55. The fourth-order valence-corrected chi connectivity index (χ4v) is 1.74. The van der Waals surface area contributed by atoms with Gasteiger partial charge in [-0.05, 0) is 37.6 Å². The lowest BCUT2D eigenvalue weighted by Gasteiger charge is -2.18. The molecule has 0 radical (unpaired) electrons. The molecule has 0 bridgehead atoms. The number of ether oxygens (including phenoxy) is 1. The number of carbonyl (C=O) groups excluding carboxylic acids is 1. The molecule has 0 aromatic heterocycles. The largest absolute Gasteiger partial charge is 0.492 e. The molecule has 1 N–H and O–H groups in total. The van der Waals surface area contributed by atoms with Gasteiger partial charge in [-0.25, -0.2) is 0 Å². The van der Waals surface area contributed by atoms with Gasteiger partial charge in [0, 0.05) is 17.9 Å². The van der Waals surface area contributed by atoms with Gasteiger partial charge in [0.1, 0.15) is 12.4 Å². The first-order valence-electron chi connectivity index (χ1n) is 6.29. The highest BCUT2D eigenvalue weighted by Crippen LogP contribution is 2.15. The number of hydrogen-bond donors (Lipinski definition) is 1. The van der Waals surface area contributed by atoms with E-state index in [0.717, 1.165) is 10.2 Å². The minimum Gasteiger partial charge on any atom is -0.492 e. The number of likely N-dealkylation sites (N-methyl/N-ethyl adjacent to an activating group) is 1. The minimum atomic E-state index is -0.434. The van der Waals surface area contributed by atoms with Crippen molar-refractivity contribution < 1.29 is 14.6 Å².